The molecule has 4 aromatic rings. The van der Waals surface area contributed by atoms with Gasteiger partial charge in [0.05, 0.1) is 5.52 Å². The van der Waals surface area contributed by atoms with E-state index in [1.165, 1.54) is 23.9 Å². The summed E-state index contributed by atoms with van der Waals surface area (Å²) in [5.74, 6) is 0.539. The number of nitrogens with one attached hydrogen (secondary N) is 1. The number of nitrogens with zero attached hydrogens (tertiary/aromatic N) is 4. The van der Waals surface area contributed by atoms with Crippen molar-refractivity contribution in [1.29, 1.82) is 0 Å². The Balaban J connectivity index is 1.57. The Morgan fingerprint density at radius 3 is 2.68 bits per heavy atom. The van der Waals surface area contributed by atoms with Gasteiger partial charge in [-0.2, -0.15) is 0 Å². The van der Waals surface area contributed by atoms with E-state index < -0.39 is 0 Å². The fourth-order valence-electron chi connectivity index (χ4n) is 3.47. The highest BCUT2D eigenvalue weighted by Crippen LogP contribution is 2.28. The molecule has 0 bridgehead atoms. The van der Waals surface area contributed by atoms with Crippen molar-refractivity contribution in [3.05, 3.63) is 59.9 Å². The number of carbonyl (C=O) groups is 1. The first kappa shape index (κ1) is 21.2. The first-order chi connectivity index (χ1) is 15.0. The zero-order chi connectivity index (χ0) is 21.8. The van der Waals surface area contributed by atoms with Crippen LogP contribution >= 0.6 is 11.8 Å². The van der Waals surface area contributed by atoms with Gasteiger partial charge in [0.15, 0.2) is 5.65 Å². The van der Waals surface area contributed by atoms with Gasteiger partial charge in [0, 0.05) is 30.1 Å². The minimum absolute atomic E-state index is 0.0597. The second kappa shape index (κ2) is 9.43. The molecule has 1 N–H and O–H groups in total. The van der Waals surface area contributed by atoms with E-state index in [1.54, 1.807) is 12.1 Å². The van der Waals surface area contributed by atoms with Gasteiger partial charge in [0.1, 0.15) is 11.3 Å². The number of fused-ring (bicyclic) bond motifs is 3. The van der Waals surface area contributed by atoms with Crippen molar-refractivity contribution >= 4 is 39.7 Å². The predicted octanol–water partition coefficient (Wildman–Crippen LogP) is 4.56. The van der Waals surface area contributed by atoms with Gasteiger partial charge in [0.25, 0.3) is 0 Å². The molecule has 0 radical (unpaired) electrons. The first-order valence-corrected chi connectivity index (χ1v) is 11.3. The molecule has 6 nitrogen and oxygen atoms in total. The lowest BCUT2D eigenvalue weighted by Crippen LogP contribution is -2.29. The monoisotopic (exact) mass is 437 g/mol. The van der Waals surface area contributed by atoms with Gasteiger partial charge in [-0.05, 0) is 44.0 Å². The van der Waals surface area contributed by atoms with E-state index in [0.717, 1.165) is 39.8 Å². The van der Waals surface area contributed by atoms with E-state index >= 15 is 0 Å². The maximum absolute atomic E-state index is 13.3. The summed E-state index contributed by atoms with van der Waals surface area (Å²) in [5, 5.41) is 13.2. The van der Waals surface area contributed by atoms with Crippen molar-refractivity contribution in [2.45, 2.75) is 44.4 Å². The molecule has 31 heavy (non-hydrogen) atoms. The summed E-state index contributed by atoms with van der Waals surface area (Å²) in [6.07, 6.45) is 1.22. The van der Waals surface area contributed by atoms with Gasteiger partial charge in [-0.15, -0.1) is 10.2 Å². The number of thioether (sulfide) groups is 1. The molecule has 2 aromatic heterocycles. The Morgan fingerprint density at radius 2 is 1.90 bits per heavy atom. The lowest BCUT2D eigenvalue weighted by molar-refractivity contribution is -0.121. The average molecular weight is 438 g/mol. The van der Waals surface area contributed by atoms with E-state index in [1.807, 2.05) is 38.1 Å². The number of amides is 1. The number of aromatic nitrogens is 4. The molecule has 160 valence electrons. The summed E-state index contributed by atoms with van der Waals surface area (Å²) in [5.41, 5.74) is 3.49. The van der Waals surface area contributed by atoms with E-state index in [0.29, 0.717) is 18.1 Å². The van der Waals surface area contributed by atoms with Crippen LogP contribution in [-0.4, -0.2) is 37.5 Å². The summed E-state index contributed by atoms with van der Waals surface area (Å²) >= 11 is 1.50. The second-order valence-electron chi connectivity index (χ2n) is 7.67. The third kappa shape index (κ3) is 5.02. The van der Waals surface area contributed by atoms with Crippen LogP contribution in [0.1, 0.15) is 32.3 Å². The summed E-state index contributed by atoms with van der Waals surface area (Å²) < 4.78 is 15.4. The van der Waals surface area contributed by atoms with Crippen LogP contribution < -0.4 is 5.32 Å². The van der Waals surface area contributed by atoms with Gasteiger partial charge in [0.2, 0.25) is 11.1 Å². The van der Waals surface area contributed by atoms with Crippen molar-refractivity contribution in [3.63, 3.8) is 0 Å². The van der Waals surface area contributed by atoms with E-state index in [9.17, 15) is 9.18 Å². The molecule has 0 spiro atoms. The molecule has 4 rings (SSSR count). The van der Waals surface area contributed by atoms with Crippen molar-refractivity contribution < 1.29 is 9.18 Å². The Bertz CT molecular complexity index is 1210. The standard InChI is InChI=1S/C23H24FN5OS/c1-15(2)25-20(30)8-5-13-31-23-26-22-21(27-28-23)18-6-3-4-7-19(18)29(22)14-16-9-11-17(24)12-10-16/h3-4,6-7,9-12,15H,5,8,13-14H2,1-2H3,(H,25,30). The Kier molecular flexibility index (Phi) is 6.46. The van der Waals surface area contributed by atoms with Crippen LogP contribution in [0.3, 0.4) is 0 Å². The molecule has 0 atom stereocenters. The average Bonchev–Trinajstić information content (AvgIpc) is 3.05. The van der Waals surface area contributed by atoms with Crippen molar-refractivity contribution in [2.24, 2.45) is 0 Å². The van der Waals surface area contributed by atoms with Crippen molar-refractivity contribution in [3.8, 4) is 0 Å². The van der Waals surface area contributed by atoms with Crippen LogP contribution in [0.5, 0.6) is 0 Å². The molecule has 0 unspecified atom stereocenters. The molecule has 0 aliphatic heterocycles. The highest BCUT2D eigenvalue weighted by Gasteiger charge is 2.15. The molecule has 2 aromatic carbocycles. The molecule has 0 saturated heterocycles. The van der Waals surface area contributed by atoms with Crippen LogP contribution in [-0.2, 0) is 11.3 Å². The number of rotatable bonds is 8. The molecule has 0 aliphatic carbocycles. The Morgan fingerprint density at radius 1 is 1.13 bits per heavy atom. The number of hydrogen-bond donors (Lipinski definition) is 1. The summed E-state index contributed by atoms with van der Waals surface area (Å²) in [4.78, 5) is 16.6. The fraction of sp³-hybridized carbons (Fsp3) is 0.304. The van der Waals surface area contributed by atoms with Gasteiger partial charge in [-0.1, -0.05) is 42.1 Å². The van der Waals surface area contributed by atoms with Crippen LogP contribution in [0.15, 0.2) is 53.7 Å². The molecule has 2 heterocycles. The summed E-state index contributed by atoms with van der Waals surface area (Å²) in [7, 11) is 0. The van der Waals surface area contributed by atoms with Crippen LogP contribution in [0, 0.1) is 5.82 Å². The Hall–Kier alpha value is -3.00. The third-order valence-electron chi connectivity index (χ3n) is 4.84. The summed E-state index contributed by atoms with van der Waals surface area (Å²) in [6, 6.07) is 14.6. The van der Waals surface area contributed by atoms with Crippen LogP contribution in [0.2, 0.25) is 0 Å². The van der Waals surface area contributed by atoms with Gasteiger partial charge >= 0.3 is 0 Å². The summed E-state index contributed by atoms with van der Waals surface area (Å²) in [6.45, 7) is 4.46. The number of halogens is 1. The van der Waals surface area contributed by atoms with E-state index in [-0.39, 0.29) is 17.8 Å². The Labute approximate surface area is 184 Å². The van der Waals surface area contributed by atoms with Crippen molar-refractivity contribution in [2.75, 3.05) is 5.75 Å². The lowest BCUT2D eigenvalue weighted by atomic mass is 10.2. The predicted molar refractivity (Wildman–Crippen MR) is 122 cm³/mol. The molecule has 1 amide bonds. The number of para-hydroxylation sites is 1. The largest absolute Gasteiger partial charge is 0.354 e. The molecule has 0 fully saturated rings. The zero-order valence-corrected chi connectivity index (χ0v) is 18.3. The highest BCUT2D eigenvalue weighted by atomic mass is 32.2. The van der Waals surface area contributed by atoms with Crippen LogP contribution in [0.25, 0.3) is 22.1 Å². The smallest absolute Gasteiger partial charge is 0.220 e. The van der Waals surface area contributed by atoms with Gasteiger partial charge < -0.3 is 9.88 Å². The quantitative estimate of drug-likeness (QED) is 0.323. The first-order valence-electron chi connectivity index (χ1n) is 10.3. The lowest BCUT2D eigenvalue weighted by Gasteiger charge is -2.08. The maximum atomic E-state index is 13.3. The molecule has 8 heteroatoms. The maximum Gasteiger partial charge on any atom is 0.220 e. The molecular formula is C23H24FN5OS. The second-order valence-corrected chi connectivity index (χ2v) is 8.73. The topological polar surface area (TPSA) is 72.7 Å². The van der Waals surface area contributed by atoms with Gasteiger partial charge in [-0.25, -0.2) is 9.37 Å². The zero-order valence-electron chi connectivity index (χ0n) is 17.5. The SMILES string of the molecule is CC(C)NC(=O)CCCSc1nnc2c3ccccc3n(Cc3ccc(F)cc3)c2n1. The minimum Gasteiger partial charge on any atom is -0.354 e. The van der Waals surface area contributed by atoms with Crippen molar-refractivity contribution in [1.82, 2.24) is 25.1 Å². The number of benzene rings is 2. The fourth-order valence-corrected chi connectivity index (χ4v) is 4.19. The number of carbonyl (C=O) groups excluding carboxylic acids is 1. The van der Waals surface area contributed by atoms with Gasteiger partial charge in [-0.3, -0.25) is 4.79 Å². The molecule has 0 aliphatic rings. The minimum atomic E-state index is -0.254. The number of hydrogen-bond acceptors (Lipinski definition) is 5. The van der Waals surface area contributed by atoms with Crippen LogP contribution in [0.4, 0.5) is 4.39 Å². The molecule has 0 saturated carbocycles. The van der Waals surface area contributed by atoms with E-state index in [2.05, 4.69) is 20.1 Å². The normalized spacial score (nSPS) is 11.5. The van der Waals surface area contributed by atoms with E-state index in [4.69, 9.17) is 4.98 Å². The molecular weight excluding hydrogens is 413 g/mol. The highest BCUT2D eigenvalue weighted by molar-refractivity contribution is 7.99. The third-order valence-corrected chi connectivity index (χ3v) is 5.76.